The van der Waals surface area contributed by atoms with E-state index in [2.05, 4.69) is 74.1 Å². The third-order valence-electron chi connectivity index (χ3n) is 11.9. The van der Waals surface area contributed by atoms with Gasteiger partial charge in [0, 0.05) is 45.6 Å². The molecule has 11 rings (SSSR count). The van der Waals surface area contributed by atoms with Gasteiger partial charge in [0.2, 0.25) is 0 Å². The summed E-state index contributed by atoms with van der Waals surface area (Å²) in [5.41, 5.74) is 5.87. The number of aromatic nitrogens is 4. The van der Waals surface area contributed by atoms with Gasteiger partial charge in [0.1, 0.15) is 5.82 Å². The van der Waals surface area contributed by atoms with Crippen LogP contribution in [0, 0.1) is 23.9 Å². The van der Waals surface area contributed by atoms with E-state index in [0.717, 1.165) is 33.0 Å². The van der Waals surface area contributed by atoms with Crippen molar-refractivity contribution in [3.63, 3.8) is 0 Å². The molecule has 1 unspecified atom stereocenters. The zero-order valence-corrected chi connectivity index (χ0v) is 38.6. The van der Waals surface area contributed by atoms with Crippen LogP contribution in [0.15, 0.2) is 200 Å². The van der Waals surface area contributed by atoms with Gasteiger partial charge >= 0.3 is 0 Å². The number of benzene rings is 8. The maximum absolute atomic E-state index is 9.44. The van der Waals surface area contributed by atoms with Crippen molar-refractivity contribution < 1.29 is 45.4 Å². The Labute approximate surface area is 416 Å². The fraction of sp³-hybridized carbons (Fsp3) is 0.100. The summed E-state index contributed by atoms with van der Waals surface area (Å²) in [5.74, 6) is 0.400. The van der Waals surface area contributed by atoms with E-state index in [4.69, 9.17) is 23.4 Å². The smallest absolute Gasteiger partial charge is 0.268 e. The Balaban J connectivity index is 0.00000672. The van der Waals surface area contributed by atoms with Crippen LogP contribution in [0.1, 0.15) is 54.2 Å². The predicted molar refractivity (Wildman–Crippen MR) is 264 cm³/mol. The van der Waals surface area contributed by atoms with Crippen molar-refractivity contribution >= 4 is 32.8 Å². The van der Waals surface area contributed by atoms with Crippen molar-refractivity contribution in [3.05, 3.63) is 224 Å². The SMILES string of the molecule is [2H]c1c([2H])c([2H])c(-c2cccc(-c3c([2H])c([2H])c([2H])c([2H])c3[2H])c2-[n+]2[c-]n(-c3[c-]c(Oc4[c-]c5c(cc4)c4cc(-c6ccccc6)ccc4n5-c4cc(C([2H])(C)C(C)(C)C)ccn4)ccc3)c3ccccc32)c([2H])c1[2H].[Pt]. The van der Waals surface area contributed by atoms with Gasteiger partial charge in [-0.05, 0) is 79.5 Å². The molecule has 6 heteroatoms. The van der Waals surface area contributed by atoms with Crippen LogP contribution in [0.2, 0.25) is 0 Å². The monoisotopic (exact) mass is 1040 g/mol. The topological polar surface area (TPSA) is 35.9 Å². The van der Waals surface area contributed by atoms with Gasteiger partial charge in [0.05, 0.1) is 30.4 Å². The fourth-order valence-electron chi connectivity index (χ4n) is 8.35. The molecule has 0 saturated heterocycles. The molecule has 0 radical (unpaired) electrons. The molecular formula is C60H46N4OPt-2. The first-order valence-corrected chi connectivity index (χ1v) is 21.2. The molecule has 0 saturated carbocycles. The van der Waals surface area contributed by atoms with E-state index < -0.39 is 66.3 Å². The van der Waals surface area contributed by atoms with Gasteiger partial charge in [-0.25, -0.2) is 4.98 Å². The predicted octanol–water partition coefficient (Wildman–Crippen LogP) is 14.7. The summed E-state index contributed by atoms with van der Waals surface area (Å²) in [6.45, 7) is 8.09. The second-order valence-corrected chi connectivity index (χ2v) is 16.8. The minimum Gasteiger partial charge on any atom is -0.510 e. The van der Waals surface area contributed by atoms with E-state index in [9.17, 15) is 1.37 Å². The first-order valence-electron chi connectivity index (χ1n) is 26.7. The summed E-state index contributed by atoms with van der Waals surface area (Å²) < 4.78 is 109. The molecule has 3 aromatic heterocycles. The maximum Gasteiger partial charge on any atom is 0.268 e. The molecule has 0 amide bonds. The van der Waals surface area contributed by atoms with Crippen molar-refractivity contribution in [2.75, 3.05) is 0 Å². The van der Waals surface area contributed by atoms with Crippen LogP contribution in [0.4, 0.5) is 0 Å². The summed E-state index contributed by atoms with van der Waals surface area (Å²) in [5, 5.41) is 1.90. The molecule has 0 bridgehead atoms. The largest absolute Gasteiger partial charge is 0.510 e. The van der Waals surface area contributed by atoms with Gasteiger partial charge < -0.3 is 13.9 Å². The number of rotatable bonds is 9. The fourth-order valence-corrected chi connectivity index (χ4v) is 8.35. The number of fused-ring (bicyclic) bond motifs is 4. The van der Waals surface area contributed by atoms with E-state index in [1.807, 2.05) is 67.6 Å². The van der Waals surface area contributed by atoms with Crippen molar-refractivity contribution in [3.8, 4) is 62.1 Å². The summed E-state index contributed by atoms with van der Waals surface area (Å²) in [4.78, 5) is 4.87. The average molecular weight is 1050 g/mol. The molecule has 0 N–H and O–H groups in total. The standard InChI is InChI=1S/C60H46N4O.Pt/c1-41(60(2,3)4)45-34-35-61-58(37-45)64-54-33-30-46(42-18-8-5-9-19-42)36-53(54)52-32-31-49(39-57(52)64)65-48-25-16-24-47(38-48)62-40-63(56-29-15-14-28-55(56)62)59-50(43-20-10-6-11-21-43)26-17-27-51(59)44-22-12-7-13-23-44;/h5-37,41H,1-4H3;/q-2;/i6D,7D,10D,11D,12D,13D,20D,21D,22D,23D,41D;. The average Bonchev–Trinajstić information content (AvgIpc) is 4.02. The van der Waals surface area contributed by atoms with Crippen molar-refractivity contribution in [1.82, 2.24) is 14.1 Å². The molecule has 0 aliphatic rings. The molecule has 11 aromatic rings. The number of ether oxygens (including phenoxy) is 1. The van der Waals surface area contributed by atoms with Gasteiger partial charge in [0.25, 0.3) is 6.33 Å². The first kappa shape index (κ1) is 31.5. The Morgan fingerprint density at radius 1 is 0.636 bits per heavy atom. The van der Waals surface area contributed by atoms with Crippen molar-refractivity contribution in [2.24, 2.45) is 5.41 Å². The van der Waals surface area contributed by atoms with E-state index >= 15 is 0 Å². The van der Waals surface area contributed by atoms with Crippen LogP contribution in [-0.4, -0.2) is 14.1 Å². The van der Waals surface area contributed by atoms with Crippen LogP contribution in [0.5, 0.6) is 11.5 Å². The Kier molecular flexibility index (Phi) is 8.39. The number of hydrogen-bond acceptors (Lipinski definition) is 2. The number of nitrogens with zero attached hydrogens (tertiary/aromatic N) is 4. The molecular weight excluding hydrogens is 988 g/mol. The van der Waals surface area contributed by atoms with Crippen LogP contribution in [0.3, 0.4) is 0 Å². The molecule has 8 aromatic carbocycles. The molecule has 324 valence electrons. The quantitative estimate of drug-likeness (QED) is 0.107. The Morgan fingerprint density at radius 3 is 2.05 bits per heavy atom. The normalized spacial score (nSPS) is 14.9. The van der Waals surface area contributed by atoms with Gasteiger partial charge in [-0.3, -0.25) is 4.57 Å². The van der Waals surface area contributed by atoms with E-state index in [1.54, 1.807) is 57.8 Å². The number of imidazole rings is 1. The summed E-state index contributed by atoms with van der Waals surface area (Å²) in [7, 11) is 0. The molecule has 0 aliphatic heterocycles. The van der Waals surface area contributed by atoms with E-state index in [-0.39, 0.29) is 54.4 Å². The third kappa shape index (κ3) is 7.84. The molecule has 0 aliphatic carbocycles. The van der Waals surface area contributed by atoms with E-state index in [1.165, 1.54) is 0 Å². The summed E-state index contributed by atoms with van der Waals surface area (Å²) in [6, 6.07) is 43.2. The molecule has 66 heavy (non-hydrogen) atoms. The zero-order chi connectivity index (χ0) is 53.7. The minimum absolute atomic E-state index is 0. The maximum atomic E-state index is 9.44. The van der Waals surface area contributed by atoms with Crippen LogP contribution in [0.25, 0.3) is 83.4 Å². The number of pyridine rings is 1. The van der Waals surface area contributed by atoms with E-state index in [0.29, 0.717) is 39.6 Å². The molecule has 5 nitrogen and oxygen atoms in total. The molecule has 1 atom stereocenters. The third-order valence-corrected chi connectivity index (χ3v) is 11.9. The summed E-state index contributed by atoms with van der Waals surface area (Å²) in [6.07, 6.45) is 5.15. The first-order chi connectivity index (χ1) is 36.3. The Morgan fingerprint density at radius 2 is 1.32 bits per heavy atom. The van der Waals surface area contributed by atoms with Crippen LogP contribution in [-0.2, 0) is 21.1 Å². The van der Waals surface area contributed by atoms with Gasteiger partial charge in [-0.2, -0.15) is 18.2 Å². The second kappa shape index (κ2) is 17.6. The second-order valence-electron chi connectivity index (χ2n) is 16.8. The zero-order valence-electron chi connectivity index (χ0n) is 47.3. The van der Waals surface area contributed by atoms with Crippen molar-refractivity contribution in [2.45, 2.75) is 33.6 Å². The van der Waals surface area contributed by atoms with Crippen molar-refractivity contribution in [1.29, 1.82) is 0 Å². The van der Waals surface area contributed by atoms with Crippen LogP contribution >= 0.6 is 0 Å². The van der Waals surface area contributed by atoms with Gasteiger partial charge in [-0.15, -0.1) is 29.7 Å². The van der Waals surface area contributed by atoms with Crippen LogP contribution < -0.4 is 9.30 Å². The minimum atomic E-state index is -0.940. The van der Waals surface area contributed by atoms with Gasteiger partial charge in [0.15, 0.2) is 0 Å². The number of hydrogen-bond donors (Lipinski definition) is 0. The molecule has 0 spiro atoms. The summed E-state index contributed by atoms with van der Waals surface area (Å²) >= 11 is 0. The number of para-hydroxylation sites is 3. The van der Waals surface area contributed by atoms with Gasteiger partial charge in [-0.1, -0.05) is 179 Å². The molecule has 3 heterocycles. The molecule has 0 fully saturated rings. The Bertz CT molecular complexity index is 4040. The Hall–Kier alpha value is -7.33.